The number of rotatable bonds is 11. The topological polar surface area (TPSA) is 123 Å². The summed E-state index contributed by atoms with van der Waals surface area (Å²) < 4.78 is 33.7. The van der Waals surface area contributed by atoms with Crippen LogP contribution in [0.4, 0.5) is 17.5 Å². The average Bonchev–Trinajstić information content (AvgIpc) is 3.66. The molecular weight excluding hydrogens is 574 g/mol. The Kier molecular flexibility index (Phi) is 9.20. The fourth-order valence-corrected chi connectivity index (χ4v) is 7.14. The van der Waals surface area contributed by atoms with Gasteiger partial charge in [-0.05, 0) is 76.2 Å². The number of nitrogens with zero attached hydrogens (tertiary/aromatic N) is 4. The first-order chi connectivity index (χ1) is 19.9. The maximum absolute atomic E-state index is 12.9. The Hall–Kier alpha value is -2.63. The second-order valence-electron chi connectivity index (χ2n) is 12.6. The molecule has 2 unspecified atom stereocenters. The predicted molar refractivity (Wildman–Crippen MR) is 166 cm³/mol. The standard InChI is InChI=1S/C30H44ClN7O3S/c1-17(2)33-21-9-7-20(8-10-21)23-14-27(41-22-11-12-22)25(13-19(23)5)35-30-32-15-24(31)28(36-30)34-26-16-38(6)37-29(26)42(39,40)18(3)4/h13-23,33H,7-12H2,1-6H3,(H2,32,34,35,36). The van der Waals surface area contributed by atoms with E-state index in [2.05, 4.69) is 63.9 Å². The van der Waals surface area contributed by atoms with Crippen LogP contribution in [0, 0.1) is 17.8 Å². The highest BCUT2D eigenvalue weighted by atomic mass is 35.5. The highest BCUT2D eigenvalue weighted by molar-refractivity contribution is 7.92. The molecule has 0 bridgehead atoms. The lowest BCUT2D eigenvalue weighted by molar-refractivity contribution is 0.178. The zero-order valence-electron chi connectivity index (χ0n) is 25.4. The summed E-state index contributed by atoms with van der Waals surface area (Å²) >= 11 is 6.45. The molecular formula is C30H44ClN7O3S. The van der Waals surface area contributed by atoms with Gasteiger partial charge in [0.25, 0.3) is 0 Å². The smallest absolute Gasteiger partial charge is 0.229 e. The van der Waals surface area contributed by atoms with Gasteiger partial charge in [0, 0.05) is 25.3 Å². The number of aromatic nitrogens is 4. The minimum atomic E-state index is -3.63. The van der Waals surface area contributed by atoms with E-state index in [1.54, 1.807) is 27.1 Å². The summed E-state index contributed by atoms with van der Waals surface area (Å²) in [6.45, 7) is 9.96. The van der Waals surface area contributed by atoms with Crippen molar-refractivity contribution in [3.63, 3.8) is 0 Å². The number of hydrogen-bond acceptors (Lipinski definition) is 9. The first-order valence-electron chi connectivity index (χ1n) is 15.1. The van der Waals surface area contributed by atoms with Crippen molar-refractivity contribution < 1.29 is 13.2 Å². The van der Waals surface area contributed by atoms with Crippen molar-refractivity contribution >= 4 is 38.9 Å². The van der Waals surface area contributed by atoms with Gasteiger partial charge in [-0.3, -0.25) is 4.68 Å². The molecule has 2 atom stereocenters. The summed E-state index contributed by atoms with van der Waals surface area (Å²) in [5.74, 6) is 2.84. The van der Waals surface area contributed by atoms with Crippen molar-refractivity contribution in [2.24, 2.45) is 24.8 Å². The maximum atomic E-state index is 12.9. The normalized spacial score (nSPS) is 24.9. The van der Waals surface area contributed by atoms with Gasteiger partial charge in [0.2, 0.25) is 20.8 Å². The van der Waals surface area contributed by atoms with E-state index in [4.69, 9.17) is 16.3 Å². The molecule has 3 aliphatic carbocycles. The van der Waals surface area contributed by atoms with Crippen LogP contribution in [0.25, 0.3) is 0 Å². The first kappa shape index (κ1) is 30.8. The van der Waals surface area contributed by atoms with Crippen molar-refractivity contribution in [2.75, 3.05) is 10.6 Å². The molecule has 2 fully saturated rings. The summed E-state index contributed by atoms with van der Waals surface area (Å²) in [6.07, 6.45) is 14.9. The lowest BCUT2D eigenvalue weighted by Crippen LogP contribution is -2.39. The van der Waals surface area contributed by atoms with E-state index in [1.165, 1.54) is 36.6 Å². The Balaban J connectivity index is 1.34. The number of nitrogens with one attached hydrogen (secondary N) is 3. The molecule has 0 radical (unpaired) electrons. The summed E-state index contributed by atoms with van der Waals surface area (Å²) in [5, 5.41) is 13.9. The van der Waals surface area contributed by atoms with E-state index >= 15 is 0 Å². The molecule has 5 rings (SSSR count). The monoisotopic (exact) mass is 617 g/mol. The number of anilines is 3. The third kappa shape index (κ3) is 7.11. The fraction of sp³-hybridized carbons (Fsp3) is 0.633. The Morgan fingerprint density at radius 1 is 1.05 bits per heavy atom. The molecule has 0 aromatic carbocycles. The Morgan fingerprint density at radius 2 is 1.76 bits per heavy atom. The highest BCUT2D eigenvalue weighted by Gasteiger charge is 2.35. The van der Waals surface area contributed by atoms with Gasteiger partial charge in [0.05, 0.1) is 28.9 Å². The van der Waals surface area contributed by atoms with E-state index in [9.17, 15) is 8.42 Å². The molecule has 3 aliphatic rings. The largest absolute Gasteiger partial charge is 0.489 e. The van der Waals surface area contributed by atoms with Crippen LogP contribution in [0.5, 0.6) is 0 Å². The molecule has 2 aromatic rings. The van der Waals surface area contributed by atoms with Crippen LogP contribution < -0.4 is 16.0 Å². The number of allylic oxidation sites excluding steroid dienone is 2. The van der Waals surface area contributed by atoms with Crippen LogP contribution in [0.1, 0.15) is 73.1 Å². The van der Waals surface area contributed by atoms with Gasteiger partial charge in [0.1, 0.15) is 10.8 Å². The summed E-state index contributed by atoms with van der Waals surface area (Å²) in [6, 6.07) is 1.12. The van der Waals surface area contributed by atoms with Gasteiger partial charge >= 0.3 is 0 Å². The van der Waals surface area contributed by atoms with Crippen molar-refractivity contribution in [2.45, 2.75) is 102 Å². The molecule has 0 spiro atoms. The van der Waals surface area contributed by atoms with Gasteiger partial charge in [-0.1, -0.05) is 38.4 Å². The summed E-state index contributed by atoms with van der Waals surface area (Å²) in [7, 11) is -1.96. The van der Waals surface area contributed by atoms with Crippen LogP contribution in [-0.2, 0) is 21.6 Å². The third-order valence-electron chi connectivity index (χ3n) is 8.28. The molecule has 3 N–H and O–H groups in total. The molecule has 0 amide bonds. The quantitative estimate of drug-likeness (QED) is 0.280. The maximum Gasteiger partial charge on any atom is 0.229 e. The zero-order chi connectivity index (χ0) is 30.2. The van der Waals surface area contributed by atoms with Crippen LogP contribution in [-0.4, -0.2) is 51.6 Å². The van der Waals surface area contributed by atoms with Crippen LogP contribution in [0.3, 0.4) is 0 Å². The molecule has 2 aromatic heterocycles. The van der Waals surface area contributed by atoms with Crippen LogP contribution in [0.2, 0.25) is 5.02 Å². The molecule has 10 nitrogen and oxygen atoms in total. The van der Waals surface area contributed by atoms with Gasteiger partial charge in [-0.15, -0.1) is 0 Å². The predicted octanol–water partition coefficient (Wildman–Crippen LogP) is 5.97. The lowest BCUT2D eigenvalue weighted by atomic mass is 9.71. The van der Waals surface area contributed by atoms with Crippen molar-refractivity contribution in [3.05, 3.63) is 41.0 Å². The lowest BCUT2D eigenvalue weighted by Gasteiger charge is -2.38. The Labute approximate surface area is 254 Å². The van der Waals surface area contributed by atoms with Crippen molar-refractivity contribution in [1.82, 2.24) is 25.1 Å². The molecule has 2 heterocycles. The summed E-state index contributed by atoms with van der Waals surface area (Å²) in [4.78, 5) is 9.02. The fourth-order valence-electron chi connectivity index (χ4n) is 5.90. The number of sulfone groups is 1. The highest BCUT2D eigenvalue weighted by Crippen LogP contribution is 2.41. The van der Waals surface area contributed by atoms with E-state index in [1.807, 2.05) is 0 Å². The van der Waals surface area contributed by atoms with Gasteiger partial charge < -0.3 is 20.7 Å². The second-order valence-corrected chi connectivity index (χ2v) is 15.4. The van der Waals surface area contributed by atoms with E-state index < -0.39 is 15.1 Å². The SMILES string of the molecule is CC(C)NC1CCC(C2C=C(OC3CC3)C(Nc3ncc(Cl)c(Nc4cn(C)nc4S(=O)(=O)C(C)C)n3)=CC2C)CC1. The number of aryl methyl sites for hydroxylation is 1. The molecule has 0 aliphatic heterocycles. The van der Waals surface area contributed by atoms with Crippen LogP contribution in [0.15, 0.2) is 41.0 Å². The molecule has 42 heavy (non-hydrogen) atoms. The molecule has 2 saturated carbocycles. The molecule has 230 valence electrons. The van der Waals surface area contributed by atoms with E-state index in [0.29, 0.717) is 41.5 Å². The van der Waals surface area contributed by atoms with E-state index in [0.717, 1.165) is 24.3 Å². The third-order valence-corrected chi connectivity index (χ3v) is 10.6. The molecule has 12 heteroatoms. The van der Waals surface area contributed by atoms with Crippen molar-refractivity contribution in [1.29, 1.82) is 0 Å². The average molecular weight is 618 g/mol. The van der Waals surface area contributed by atoms with Gasteiger partial charge in [-0.25, -0.2) is 13.4 Å². The first-order valence-corrected chi connectivity index (χ1v) is 17.0. The minimum Gasteiger partial charge on any atom is -0.489 e. The minimum absolute atomic E-state index is 0.0453. The summed E-state index contributed by atoms with van der Waals surface area (Å²) in [5.41, 5.74) is 1.15. The number of hydrogen-bond donors (Lipinski definition) is 3. The zero-order valence-corrected chi connectivity index (χ0v) is 27.0. The number of ether oxygens (including phenoxy) is 1. The Morgan fingerprint density at radius 3 is 2.40 bits per heavy atom. The number of halogens is 1. The van der Waals surface area contributed by atoms with Crippen LogP contribution >= 0.6 is 11.6 Å². The van der Waals surface area contributed by atoms with E-state index in [-0.39, 0.29) is 22.0 Å². The Bertz CT molecular complexity index is 1440. The second kappa shape index (κ2) is 12.5. The van der Waals surface area contributed by atoms with Crippen molar-refractivity contribution in [3.8, 4) is 0 Å². The van der Waals surface area contributed by atoms with Gasteiger partial charge in [0.15, 0.2) is 5.82 Å². The molecule has 0 saturated heterocycles. The van der Waals surface area contributed by atoms with Gasteiger partial charge in [-0.2, -0.15) is 10.1 Å².